The van der Waals surface area contributed by atoms with E-state index in [1.54, 1.807) is 13.8 Å². The van der Waals surface area contributed by atoms with Crippen molar-refractivity contribution in [3.63, 3.8) is 0 Å². The van der Waals surface area contributed by atoms with Gasteiger partial charge in [0, 0.05) is 13.1 Å². The molecule has 0 saturated carbocycles. The summed E-state index contributed by atoms with van der Waals surface area (Å²) in [6.45, 7) is 9.70. The minimum atomic E-state index is -0.695. The fourth-order valence-corrected chi connectivity index (χ4v) is 2.24. The zero-order valence-electron chi connectivity index (χ0n) is 11.9. The molecule has 1 rings (SSSR count). The summed E-state index contributed by atoms with van der Waals surface area (Å²) in [5.41, 5.74) is -0.586. The number of hydrogen-bond donors (Lipinski definition) is 1. The van der Waals surface area contributed by atoms with Gasteiger partial charge < -0.3 is 9.84 Å². The summed E-state index contributed by atoms with van der Waals surface area (Å²) >= 11 is 0. The predicted molar refractivity (Wildman–Crippen MR) is 71.7 cm³/mol. The number of aliphatic carboxylic acids is 1. The van der Waals surface area contributed by atoms with E-state index in [2.05, 4.69) is 11.8 Å². The molecule has 1 aliphatic rings. The zero-order chi connectivity index (χ0) is 13.6. The quantitative estimate of drug-likeness (QED) is 0.711. The third kappa shape index (κ3) is 4.94. The average Bonchev–Trinajstić information content (AvgIpc) is 2.35. The van der Waals surface area contributed by atoms with Crippen LogP contribution in [-0.2, 0) is 9.53 Å². The number of ether oxygens (including phenoxy) is 1. The van der Waals surface area contributed by atoms with Crippen molar-refractivity contribution >= 4 is 5.97 Å². The highest BCUT2D eigenvalue weighted by atomic mass is 16.5. The number of carboxylic acid groups (broad SMARTS) is 1. The molecule has 0 aliphatic carbocycles. The van der Waals surface area contributed by atoms with Crippen molar-refractivity contribution in [3.05, 3.63) is 0 Å². The number of hydrogen-bond acceptors (Lipinski definition) is 3. The molecule has 1 atom stereocenters. The number of unbranched alkanes of at least 4 members (excludes halogenated alkanes) is 1. The Labute approximate surface area is 110 Å². The van der Waals surface area contributed by atoms with Crippen LogP contribution in [0.25, 0.3) is 0 Å². The summed E-state index contributed by atoms with van der Waals surface area (Å²) in [6, 6.07) is 0. The lowest BCUT2D eigenvalue weighted by Crippen LogP contribution is -2.42. The predicted octanol–water partition coefficient (Wildman–Crippen LogP) is 2.38. The minimum absolute atomic E-state index is 0.384. The number of rotatable bonds is 7. The van der Waals surface area contributed by atoms with Crippen LogP contribution in [0.15, 0.2) is 0 Å². The van der Waals surface area contributed by atoms with Crippen LogP contribution >= 0.6 is 0 Å². The molecule has 0 aromatic carbocycles. The van der Waals surface area contributed by atoms with Gasteiger partial charge in [-0.15, -0.1) is 0 Å². The van der Waals surface area contributed by atoms with Gasteiger partial charge >= 0.3 is 5.97 Å². The Morgan fingerprint density at radius 2 is 2.17 bits per heavy atom. The van der Waals surface area contributed by atoms with Crippen LogP contribution in [0.4, 0.5) is 0 Å². The van der Waals surface area contributed by atoms with Gasteiger partial charge in [-0.1, -0.05) is 13.3 Å². The minimum Gasteiger partial charge on any atom is -0.481 e. The zero-order valence-corrected chi connectivity index (χ0v) is 11.9. The van der Waals surface area contributed by atoms with Crippen molar-refractivity contribution < 1.29 is 14.6 Å². The lowest BCUT2D eigenvalue weighted by molar-refractivity contribution is -0.147. The standard InChI is InChI=1S/C14H27NO3/c1-4-12-11-15(9-10-18-12)8-6-5-7-14(2,3)13(16)17/h12H,4-11H2,1-3H3,(H,16,17). The summed E-state index contributed by atoms with van der Waals surface area (Å²) in [5, 5.41) is 9.03. The van der Waals surface area contributed by atoms with E-state index in [9.17, 15) is 4.79 Å². The molecule has 18 heavy (non-hydrogen) atoms. The highest BCUT2D eigenvalue weighted by Crippen LogP contribution is 2.23. The van der Waals surface area contributed by atoms with Gasteiger partial charge in [-0.3, -0.25) is 9.69 Å². The molecule has 106 valence electrons. The summed E-state index contributed by atoms with van der Waals surface area (Å²) in [7, 11) is 0. The van der Waals surface area contributed by atoms with Gasteiger partial charge in [0.05, 0.1) is 18.1 Å². The van der Waals surface area contributed by atoms with Crippen molar-refractivity contribution in [2.24, 2.45) is 5.41 Å². The van der Waals surface area contributed by atoms with Gasteiger partial charge in [-0.2, -0.15) is 0 Å². The van der Waals surface area contributed by atoms with E-state index < -0.39 is 11.4 Å². The maximum atomic E-state index is 11.0. The Morgan fingerprint density at radius 3 is 2.78 bits per heavy atom. The monoisotopic (exact) mass is 257 g/mol. The van der Waals surface area contributed by atoms with Crippen LogP contribution in [0.5, 0.6) is 0 Å². The first-order chi connectivity index (χ1) is 8.45. The van der Waals surface area contributed by atoms with Crippen LogP contribution in [0, 0.1) is 5.41 Å². The maximum absolute atomic E-state index is 11.0. The van der Waals surface area contributed by atoms with Crippen molar-refractivity contribution in [1.82, 2.24) is 4.90 Å². The molecule has 4 nitrogen and oxygen atoms in total. The van der Waals surface area contributed by atoms with E-state index in [0.29, 0.717) is 6.10 Å². The molecule has 0 aromatic rings. The van der Waals surface area contributed by atoms with E-state index >= 15 is 0 Å². The molecule has 1 heterocycles. The summed E-state index contributed by atoms with van der Waals surface area (Å²) < 4.78 is 5.63. The molecule has 1 N–H and O–H groups in total. The Hall–Kier alpha value is -0.610. The summed E-state index contributed by atoms with van der Waals surface area (Å²) in [6.07, 6.45) is 4.27. The van der Waals surface area contributed by atoms with Crippen molar-refractivity contribution in [2.75, 3.05) is 26.2 Å². The molecule has 1 fully saturated rings. The van der Waals surface area contributed by atoms with Crippen molar-refractivity contribution in [2.45, 2.75) is 52.6 Å². The molecule has 1 unspecified atom stereocenters. The topological polar surface area (TPSA) is 49.8 Å². The smallest absolute Gasteiger partial charge is 0.309 e. The first kappa shape index (κ1) is 15.4. The molecular weight excluding hydrogens is 230 g/mol. The van der Waals surface area contributed by atoms with E-state index in [0.717, 1.165) is 51.9 Å². The average molecular weight is 257 g/mol. The van der Waals surface area contributed by atoms with Crippen LogP contribution in [0.2, 0.25) is 0 Å². The molecule has 0 spiro atoms. The van der Waals surface area contributed by atoms with Crippen molar-refractivity contribution in [3.8, 4) is 0 Å². The summed E-state index contributed by atoms with van der Waals surface area (Å²) in [4.78, 5) is 13.4. The molecule has 0 aromatic heterocycles. The lowest BCUT2D eigenvalue weighted by Gasteiger charge is -2.32. The maximum Gasteiger partial charge on any atom is 0.309 e. The SMILES string of the molecule is CCC1CN(CCCCC(C)(C)C(=O)O)CCO1. The number of nitrogens with zero attached hydrogens (tertiary/aromatic N) is 1. The Morgan fingerprint density at radius 1 is 1.44 bits per heavy atom. The molecule has 0 radical (unpaired) electrons. The van der Waals surface area contributed by atoms with Crippen LogP contribution in [-0.4, -0.2) is 48.3 Å². The second-order valence-electron chi connectivity index (χ2n) is 5.85. The van der Waals surface area contributed by atoms with Crippen LogP contribution in [0.3, 0.4) is 0 Å². The Kier molecular flexibility index (Phi) is 6.09. The molecular formula is C14H27NO3. The van der Waals surface area contributed by atoms with Crippen LogP contribution < -0.4 is 0 Å². The fraction of sp³-hybridized carbons (Fsp3) is 0.929. The first-order valence-corrected chi connectivity index (χ1v) is 7.03. The fourth-order valence-electron chi connectivity index (χ4n) is 2.24. The Balaban J connectivity index is 2.16. The van der Waals surface area contributed by atoms with Crippen LogP contribution in [0.1, 0.15) is 46.5 Å². The second-order valence-corrected chi connectivity index (χ2v) is 5.85. The second kappa shape index (κ2) is 7.10. The molecule has 0 amide bonds. The lowest BCUT2D eigenvalue weighted by atomic mass is 9.87. The van der Waals surface area contributed by atoms with Gasteiger partial charge in [0.25, 0.3) is 0 Å². The largest absolute Gasteiger partial charge is 0.481 e. The highest BCUT2D eigenvalue weighted by molar-refractivity contribution is 5.73. The molecule has 1 saturated heterocycles. The van der Waals surface area contributed by atoms with E-state index in [-0.39, 0.29) is 0 Å². The van der Waals surface area contributed by atoms with E-state index in [1.807, 2.05) is 0 Å². The first-order valence-electron chi connectivity index (χ1n) is 7.03. The summed E-state index contributed by atoms with van der Waals surface area (Å²) in [5.74, 6) is -0.695. The third-order valence-electron chi connectivity index (χ3n) is 3.78. The van der Waals surface area contributed by atoms with Gasteiger partial charge in [0.15, 0.2) is 0 Å². The third-order valence-corrected chi connectivity index (χ3v) is 3.78. The van der Waals surface area contributed by atoms with Gasteiger partial charge in [-0.25, -0.2) is 0 Å². The molecule has 1 aliphatic heterocycles. The van der Waals surface area contributed by atoms with Gasteiger partial charge in [0.2, 0.25) is 0 Å². The normalized spacial score (nSPS) is 22.1. The Bertz CT molecular complexity index is 266. The molecule has 4 heteroatoms. The molecule has 0 bridgehead atoms. The van der Waals surface area contributed by atoms with Gasteiger partial charge in [-0.05, 0) is 39.7 Å². The highest BCUT2D eigenvalue weighted by Gasteiger charge is 2.26. The van der Waals surface area contributed by atoms with Crippen molar-refractivity contribution in [1.29, 1.82) is 0 Å². The number of morpholine rings is 1. The van der Waals surface area contributed by atoms with E-state index in [1.165, 1.54) is 0 Å². The number of carboxylic acids is 1. The number of carbonyl (C=O) groups is 1. The van der Waals surface area contributed by atoms with E-state index in [4.69, 9.17) is 9.84 Å². The van der Waals surface area contributed by atoms with Gasteiger partial charge in [0.1, 0.15) is 0 Å².